The number of unbranched alkanes of at least 4 members (excludes halogenated alkanes) is 7. The average Bonchev–Trinajstić information content (AvgIpc) is 3.03. The van der Waals surface area contributed by atoms with Gasteiger partial charge in [0.15, 0.2) is 0 Å². The molecule has 150 valence electrons. The molecule has 0 radical (unpaired) electrons. The second-order valence-corrected chi connectivity index (χ2v) is 8.91. The van der Waals surface area contributed by atoms with Gasteiger partial charge in [-0.15, -0.1) is 0 Å². The number of rotatable bonds is 15. The van der Waals surface area contributed by atoms with Gasteiger partial charge in [-0.2, -0.15) is 0 Å². The third kappa shape index (κ3) is 10.3. The molecule has 0 spiro atoms. The number of nitrogens with zero attached hydrogens (tertiary/aromatic N) is 1. The molecule has 1 atom stereocenters. The van der Waals surface area contributed by atoms with E-state index in [0.29, 0.717) is 12.0 Å². The van der Waals surface area contributed by atoms with Gasteiger partial charge >= 0.3 is 0 Å². The van der Waals surface area contributed by atoms with Gasteiger partial charge < -0.3 is 4.90 Å². The van der Waals surface area contributed by atoms with Crippen LogP contribution in [0, 0.1) is 23.8 Å². The molecule has 0 saturated carbocycles. The Hall–Kier alpha value is -0.900. The summed E-state index contributed by atoms with van der Waals surface area (Å²) < 4.78 is 0. The summed E-state index contributed by atoms with van der Waals surface area (Å²) >= 11 is 0. The van der Waals surface area contributed by atoms with Crippen LogP contribution in [0.25, 0.3) is 0 Å². The van der Waals surface area contributed by atoms with E-state index < -0.39 is 0 Å². The zero-order chi connectivity index (χ0) is 19.2. The molecule has 1 aliphatic heterocycles. The standard InChI is InChI=1S/C25H45N/c1-6-7-8-9-10-11-14-19-26-20-15-18-25(26)21-24(23(4)5)17-13-12-16-22(2)3/h21-23,25H,6-14,16-19H2,1-5H3/b24-21-. The van der Waals surface area contributed by atoms with Crippen LogP contribution in [0.5, 0.6) is 0 Å². The van der Waals surface area contributed by atoms with Crippen LogP contribution < -0.4 is 0 Å². The lowest BCUT2D eigenvalue weighted by Crippen LogP contribution is -2.27. The van der Waals surface area contributed by atoms with Crippen LogP contribution in [-0.2, 0) is 0 Å². The highest BCUT2D eigenvalue weighted by atomic mass is 15.1. The van der Waals surface area contributed by atoms with Crippen LogP contribution >= 0.6 is 0 Å². The van der Waals surface area contributed by atoms with Crippen LogP contribution in [-0.4, -0.2) is 17.5 Å². The summed E-state index contributed by atoms with van der Waals surface area (Å²) in [6.07, 6.45) is 18.6. The fourth-order valence-corrected chi connectivity index (χ4v) is 3.75. The average molecular weight is 360 g/mol. The fourth-order valence-electron chi connectivity index (χ4n) is 3.75. The number of hydrogen-bond acceptors (Lipinski definition) is 1. The Labute approximate surface area is 165 Å². The second kappa shape index (κ2) is 14.2. The van der Waals surface area contributed by atoms with Crippen molar-refractivity contribution in [1.29, 1.82) is 0 Å². The summed E-state index contributed by atoms with van der Waals surface area (Å²) in [5.74, 6) is 4.85. The van der Waals surface area contributed by atoms with Crippen LogP contribution in [0.3, 0.4) is 0 Å². The molecule has 0 fully saturated rings. The second-order valence-electron chi connectivity index (χ2n) is 8.91. The van der Waals surface area contributed by atoms with Crippen molar-refractivity contribution in [1.82, 2.24) is 4.90 Å². The van der Waals surface area contributed by atoms with Crippen LogP contribution in [0.4, 0.5) is 0 Å². The highest BCUT2D eigenvalue weighted by molar-refractivity contribution is 5.20. The van der Waals surface area contributed by atoms with Gasteiger partial charge in [0.2, 0.25) is 0 Å². The quantitative estimate of drug-likeness (QED) is 0.165. The van der Waals surface area contributed by atoms with Crippen molar-refractivity contribution in [2.24, 2.45) is 11.8 Å². The van der Waals surface area contributed by atoms with Crippen molar-refractivity contribution in [2.75, 3.05) is 6.54 Å². The molecule has 0 bridgehead atoms. The van der Waals surface area contributed by atoms with Gasteiger partial charge in [-0.25, -0.2) is 0 Å². The topological polar surface area (TPSA) is 3.24 Å². The van der Waals surface area contributed by atoms with E-state index in [-0.39, 0.29) is 0 Å². The minimum atomic E-state index is 0.512. The maximum atomic E-state index is 3.38. The minimum absolute atomic E-state index is 0.512. The molecule has 0 N–H and O–H groups in total. The van der Waals surface area contributed by atoms with E-state index in [4.69, 9.17) is 0 Å². The molecule has 0 aromatic heterocycles. The van der Waals surface area contributed by atoms with Gasteiger partial charge in [0, 0.05) is 19.0 Å². The van der Waals surface area contributed by atoms with E-state index in [9.17, 15) is 0 Å². The van der Waals surface area contributed by atoms with Crippen LogP contribution in [0.15, 0.2) is 11.6 Å². The van der Waals surface area contributed by atoms with Crippen molar-refractivity contribution in [3.8, 4) is 12.0 Å². The number of hydrogen-bond donors (Lipinski definition) is 0. The minimum Gasteiger partial charge on any atom is -0.325 e. The third-order valence-corrected chi connectivity index (χ3v) is 5.58. The Morgan fingerprint density at radius 2 is 1.65 bits per heavy atom. The molecule has 1 unspecified atom stereocenters. The van der Waals surface area contributed by atoms with Crippen LogP contribution in [0.2, 0.25) is 0 Å². The predicted octanol–water partition coefficient (Wildman–Crippen LogP) is 7.57. The molecule has 0 aliphatic carbocycles. The highest BCUT2D eigenvalue weighted by Gasteiger charge is 2.18. The highest BCUT2D eigenvalue weighted by Crippen LogP contribution is 2.23. The summed E-state index contributed by atoms with van der Waals surface area (Å²) in [5, 5.41) is 0. The smallest absolute Gasteiger partial charge is 0.0664 e. The molecular formula is C25H45N. The van der Waals surface area contributed by atoms with Gasteiger partial charge in [0.05, 0.1) is 6.04 Å². The van der Waals surface area contributed by atoms with Crippen molar-refractivity contribution < 1.29 is 0 Å². The van der Waals surface area contributed by atoms with Crippen molar-refractivity contribution in [2.45, 2.75) is 118 Å². The SMILES string of the molecule is CCCCCCCCCN1C#CCC1/C=C(/CCCCC(C)C)C(C)C. The van der Waals surface area contributed by atoms with E-state index >= 15 is 0 Å². The van der Waals surface area contributed by atoms with Gasteiger partial charge in [0.25, 0.3) is 0 Å². The van der Waals surface area contributed by atoms with Crippen molar-refractivity contribution in [3.05, 3.63) is 11.6 Å². The first-order chi connectivity index (χ1) is 12.5. The molecule has 0 aromatic carbocycles. The summed E-state index contributed by atoms with van der Waals surface area (Å²) in [7, 11) is 0. The first-order valence-corrected chi connectivity index (χ1v) is 11.5. The first kappa shape index (κ1) is 23.1. The van der Waals surface area contributed by atoms with E-state index in [1.54, 1.807) is 5.57 Å². The van der Waals surface area contributed by atoms with Gasteiger partial charge in [-0.1, -0.05) is 104 Å². The predicted molar refractivity (Wildman–Crippen MR) is 117 cm³/mol. The molecule has 0 aromatic rings. The van der Waals surface area contributed by atoms with E-state index in [2.05, 4.69) is 57.6 Å². The van der Waals surface area contributed by atoms with Gasteiger partial charge in [-0.05, 0) is 31.1 Å². The maximum Gasteiger partial charge on any atom is 0.0664 e. The molecule has 0 saturated heterocycles. The molecule has 1 nitrogen and oxygen atoms in total. The molecule has 1 rings (SSSR count). The molecule has 1 aliphatic rings. The van der Waals surface area contributed by atoms with Gasteiger partial charge in [-0.3, -0.25) is 0 Å². The lowest BCUT2D eigenvalue weighted by atomic mass is 9.93. The Bertz CT molecular complexity index is 435. The summed E-state index contributed by atoms with van der Waals surface area (Å²) in [4.78, 5) is 2.42. The first-order valence-electron chi connectivity index (χ1n) is 11.5. The molecule has 0 amide bonds. The summed E-state index contributed by atoms with van der Waals surface area (Å²) in [6, 6.07) is 3.89. The van der Waals surface area contributed by atoms with E-state index in [1.165, 1.54) is 70.6 Å². The van der Waals surface area contributed by atoms with E-state index in [0.717, 1.165) is 18.9 Å². The summed E-state index contributed by atoms with van der Waals surface area (Å²) in [6.45, 7) is 12.8. The van der Waals surface area contributed by atoms with Crippen molar-refractivity contribution in [3.63, 3.8) is 0 Å². The fraction of sp³-hybridized carbons (Fsp3) is 0.840. The Morgan fingerprint density at radius 1 is 0.962 bits per heavy atom. The Kier molecular flexibility index (Phi) is 12.6. The monoisotopic (exact) mass is 359 g/mol. The van der Waals surface area contributed by atoms with E-state index in [1.807, 2.05) is 0 Å². The Morgan fingerprint density at radius 3 is 2.31 bits per heavy atom. The maximum absolute atomic E-state index is 3.38. The molecule has 1 heteroatoms. The van der Waals surface area contributed by atoms with Crippen molar-refractivity contribution >= 4 is 0 Å². The van der Waals surface area contributed by atoms with Crippen LogP contribution in [0.1, 0.15) is 112 Å². The van der Waals surface area contributed by atoms with Gasteiger partial charge in [0.1, 0.15) is 0 Å². The third-order valence-electron chi connectivity index (χ3n) is 5.58. The Balaban J connectivity index is 2.35. The lowest BCUT2D eigenvalue weighted by molar-refractivity contribution is 0.343. The zero-order valence-corrected chi connectivity index (χ0v) is 18.4. The number of allylic oxidation sites excluding steroid dienone is 1. The largest absolute Gasteiger partial charge is 0.325 e. The molecule has 1 heterocycles. The zero-order valence-electron chi connectivity index (χ0n) is 18.4. The normalized spacial score (nSPS) is 17.3. The molecule has 26 heavy (non-hydrogen) atoms. The molecular weight excluding hydrogens is 314 g/mol. The lowest BCUT2D eigenvalue weighted by Gasteiger charge is -2.23. The summed E-state index contributed by atoms with van der Waals surface area (Å²) in [5.41, 5.74) is 1.65.